The molecule has 0 aliphatic carbocycles. The fourth-order valence-corrected chi connectivity index (χ4v) is 2.18. The minimum absolute atomic E-state index is 0.0233. The maximum absolute atomic E-state index is 12.2. The van der Waals surface area contributed by atoms with Crippen molar-refractivity contribution < 1.29 is 14.7 Å². The van der Waals surface area contributed by atoms with Crippen molar-refractivity contribution in [1.29, 1.82) is 0 Å². The zero-order valence-corrected chi connectivity index (χ0v) is 13.2. The molecule has 0 bridgehead atoms. The lowest BCUT2D eigenvalue weighted by molar-refractivity contribution is -0.137. The van der Waals surface area contributed by atoms with Gasteiger partial charge in [0.05, 0.1) is 6.04 Å². The second-order valence-corrected chi connectivity index (χ2v) is 5.88. The predicted octanol–water partition coefficient (Wildman–Crippen LogP) is 2.62. The lowest BCUT2D eigenvalue weighted by Crippen LogP contribution is -2.43. The number of aromatic nitrogens is 2. The Morgan fingerprint density at radius 1 is 1.38 bits per heavy atom. The summed E-state index contributed by atoms with van der Waals surface area (Å²) in [6.45, 7) is 7.80. The quantitative estimate of drug-likeness (QED) is 0.772. The SMILES string of the molecule is CCC(CC)n1ccc(C(=O)NC(C)(C)CCC(=O)O)n1. The molecule has 0 unspecified atom stereocenters. The van der Waals surface area contributed by atoms with E-state index in [9.17, 15) is 9.59 Å². The van der Waals surface area contributed by atoms with Gasteiger partial charge in [-0.05, 0) is 39.2 Å². The van der Waals surface area contributed by atoms with Gasteiger partial charge in [0.2, 0.25) is 0 Å². The van der Waals surface area contributed by atoms with E-state index in [2.05, 4.69) is 24.3 Å². The van der Waals surface area contributed by atoms with Crippen LogP contribution in [0.1, 0.15) is 69.9 Å². The summed E-state index contributed by atoms with van der Waals surface area (Å²) in [5, 5.41) is 15.9. The third-order valence-corrected chi connectivity index (χ3v) is 3.57. The maximum Gasteiger partial charge on any atom is 0.303 e. The van der Waals surface area contributed by atoms with Gasteiger partial charge < -0.3 is 10.4 Å². The summed E-state index contributed by atoms with van der Waals surface area (Å²) in [5.74, 6) is -1.13. The lowest BCUT2D eigenvalue weighted by Gasteiger charge is -2.25. The first-order valence-electron chi connectivity index (χ1n) is 7.38. The molecule has 1 heterocycles. The van der Waals surface area contributed by atoms with Gasteiger partial charge in [-0.15, -0.1) is 0 Å². The summed E-state index contributed by atoms with van der Waals surface area (Å²) in [5.41, 5.74) is -0.209. The average Bonchev–Trinajstić information content (AvgIpc) is 2.87. The van der Waals surface area contributed by atoms with E-state index >= 15 is 0 Å². The number of hydrogen-bond acceptors (Lipinski definition) is 3. The molecule has 0 aromatic carbocycles. The van der Waals surface area contributed by atoms with Gasteiger partial charge in [0.25, 0.3) is 5.91 Å². The van der Waals surface area contributed by atoms with Crippen LogP contribution in [0.3, 0.4) is 0 Å². The zero-order valence-electron chi connectivity index (χ0n) is 13.2. The third-order valence-electron chi connectivity index (χ3n) is 3.57. The summed E-state index contributed by atoms with van der Waals surface area (Å²) >= 11 is 0. The van der Waals surface area contributed by atoms with Gasteiger partial charge in [-0.25, -0.2) is 0 Å². The number of amides is 1. The van der Waals surface area contributed by atoms with E-state index in [-0.39, 0.29) is 12.3 Å². The van der Waals surface area contributed by atoms with Crippen molar-refractivity contribution in [2.24, 2.45) is 0 Å². The van der Waals surface area contributed by atoms with Crippen LogP contribution in [-0.2, 0) is 4.79 Å². The minimum atomic E-state index is -0.865. The smallest absolute Gasteiger partial charge is 0.303 e. The van der Waals surface area contributed by atoms with E-state index in [0.29, 0.717) is 18.2 Å². The van der Waals surface area contributed by atoms with Crippen molar-refractivity contribution in [2.45, 2.75) is 65.0 Å². The Morgan fingerprint density at radius 3 is 2.52 bits per heavy atom. The number of rotatable bonds is 8. The van der Waals surface area contributed by atoms with Crippen molar-refractivity contribution >= 4 is 11.9 Å². The van der Waals surface area contributed by atoms with Gasteiger partial charge in [-0.3, -0.25) is 14.3 Å². The van der Waals surface area contributed by atoms with Gasteiger partial charge in [0.1, 0.15) is 5.69 Å². The molecule has 118 valence electrons. The van der Waals surface area contributed by atoms with Gasteiger partial charge in [-0.1, -0.05) is 13.8 Å². The monoisotopic (exact) mass is 295 g/mol. The molecule has 0 fully saturated rings. The number of hydrogen-bond donors (Lipinski definition) is 2. The average molecular weight is 295 g/mol. The summed E-state index contributed by atoms with van der Waals surface area (Å²) < 4.78 is 1.82. The van der Waals surface area contributed by atoms with Crippen LogP contribution < -0.4 is 5.32 Å². The van der Waals surface area contributed by atoms with Crippen molar-refractivity contribution in [1.82, 2.24) is 15.1 Å². The second kappa shape index (κ2) is 7.24. The number of nitrogens with one attached hydrogen (secondary N) is 1. The Hall–Kier alpha value is -1.85. The maximum atomic E-state index is 12.2. The first-order valence-corrected chi connectivity index (χ1v) is 7.38. The highest BCUT2D eigenvalue weighted by molar-refractivity contribution is 5.92. The number of aliphatic carboxylic acids is 1. The second-order valence-electron chi connectivity index (χ2n) is 5.88. The molecule has 1 amide bonds. The number of carbonyl (C=O) groups excluding carboxylic acids is 1. The topological polar surface area (TPSA) is 84.2 Å². The fourth-order valence-electron chi connectivity index (χ4n) is 2.18. The largest absolute Gasteiger partial charge is 0.481 e. The van der Waals surface area contributed by atoms with E-state index in [4.69, 9.17) is 5.11 Å². The number of carbonyl (C=O) groups is 2. The van der Waals surface area contributed by atoms with Crippen LogP contribution in [-0.4, -0.2) is 32.3 Å². The first-order chi connectivity index (χ1) is 9.79. The third kappa shape index (κ3) is 5.21. The van der Waals surface area contributed by atoms with E-state index < -0.39 is 11.5 Å². The lowest BCUT2D eigenvalue weighted by atomic mass is 9.98. The molecule has 1 aromatic heterocycles. The number of carboxylic acid groups (broad SMARTS) is 1. The first kappa shape index (κ1) is 17.2. The Balaban J connectivity index is 2.69. The molecule has 6 nitrogen and oxygen atoms in total. The zero-order chi connectivity index (χ0) is 16.0. The Bertz CT molecular complexity index is 490. The molecule has 1 aromatic rings. The summed E-state index contributed by atoms with van der Waals surface area (Å²) in [6.07, 6.45) is 4.14. The van der Waals surface area contributed by atoms with Crippen molar-refractivity contribution in [3.05, 3.63) is 18.0 Å². The van der Waals surface area contributed by atoms with Crippen LogP contribution in [0.25, 0.3) is 0 Å². The molecule has 0 atom stereocenters. The molecule has 0 aliphatic heterocycles. The van der Waals surface area contributed by atoms with Crippen LogP contribution in [0.4, 0.5) is 0 Å². The number of carboxylic acids is 1. The summed E-state index contributed by atoms with van der Waals surface area (Å²) in [7, 11) is 0. The van der Waals surface area contributed by atoms with Crippen LogP contribution >= 0.6 is 0 Å². The van der Waals surface area contributed by atoms with Gasteiger partial charge in [0.15, 0.2) is 0 Å². The van der Waals surface area contributed by atoms with Gasteiger partial charge in [0, 0.05) is 18.2 Å². The molecule has 0 saturated carbocycles. The molecular weight excluding hydrogens is 270 g/mol. The van der Waals surface area contributed by atoms with Crippen LogP contribution in [0.5, 0.6) is 0 Å². The molecule has 0 aliphatic rings. The van der Waals surface area contributed by atoms with Crippen molar-refractivity contribution in [3.63, 3.8) is 0 Å². The molecule has 6 heteroatoms. The molecule has 2 N–H and O–H groups in total. The molecule has 1 rings (SSSR count). The normalized spacial score (nSPS) is 11.7. The molecule has 0 saturated heterocycles. The molecular formula is C15H25N3O3. The van der Waals surface area contributed by atoms with Crippen LogP contribution in [0.15, 0.2) is 12.3 Å². The highest BCUT2D eigenvalue weighted by Gasteiger charge is 2.23. The number of nitrogens with zero attached hydrogens (tertiary/aromatic N) is 2. The van der Waals surface area contributed by atoms with E-state index in [1.54, 1.807) is 6.07 Å². The Kier molecular flexibility index (Phi) is 5.93. The molecule has 0 spiro atoms. The van der Waals surface area contributed by atoms with Gasteiger partial charge in [-0.2, -0.15) is 5.10 Å². The Morgan fingerprint density at radius 2 is 2.00 bits per heavy atom. The van der Waals surface area contributed by atoms with Crippen molar-refractivity contribution in [2.75, 3.05) is 0 Å². The minimum Gasteiger partial charge on any atom is -0.481 e. The summed E-state index contributed by atoms with van der Waals surface area (Å²) in [6, 6.07) is 1.99. The molecule has 21 heavy (non-hydrogen) atoms. The van der Waals surface area contributed by atoms with Crippen molar-refractivity contribution in [3.8, 4) is 0 Å². The Labute approximate surface area is 125 Å². The van der Waals surface area contributed by atoms with E-state index in [1.807, 2.05) is 24.7 Å². The van der Waals surface area contributed by atoms with Gasteiger partial charge >= 0.3 is 5.97 Å². The predicted molar refractivity (Wildman–Crippen MR) is 80.3 cm³/mol. The highest BCUT2D eigenvalue weighted by Crippen LogP contribution is 2.16. The van der Waals surface area contributed by atoms with Crippen LogP contribution in [0, 0.1) is 0 Å². The van der Waals surface area contributed by atoms with E-state index in [0.717, 1.165) is 12.8 Å². The summed E-state index contributed by atoms with van der Waals surface area (Å²) in [4.78, 5) is 22.8. The molecule has 0 radical (unpaired) electrons. The highest BCUT2D eigenvalue weighted by atomic mass is 16.4. The van der Waals surface area contributed by atoms with E-state index in [1.165, 1.54) is 0 Å². The van der Waals surface area contributed by atoms with Crippen LogP contribution in [0.2, 0.25) is 0 Å². The fraction of sp³-hybridized carbons (Fsp3) is 0.667. The standard InChI is InChI=1S/C15H25N3O3/c1-5-11(6-2)18-10-8-12(17-18)14(21)16-15(3,4)9-7-13(19)20/h8,10-11H,5-7,9H2,1-4H3,(H,16,21)(H,19,20).